The van der Waals surface area contributed by atoms with Crippen molar-refractivity contribution in [3.05, 3.63) is 46.4 Å². The fraction of sp³-hybridized carbons (Fsp3) is 0.438. The highest BCUT2D eigenvalue weighted by atomic mass is 16.1. The Kier molecular flexibility index (Phi) is 4.33. The molecule has 7 nitrogen and oxygen atoms in total. The first kappa shape index (κ1) is 15.2. The summed E-state index contributed by atoms with van der Waals surface area (Å²) in [6.45, 7) is 0.592. The van der Waals surface area contributed by atoms with E-state index in [9.17, 15) is 14.9 Å². The molecule has 3 heterocycles. The van der Waals surface area contributed by atoms with Crippen LogP contribution >= 0.6 is 0 Å². The summed E-state index contributed by atoms with van der Waals surface area (Å²) >= 11 is 0. The molecule has 2 aromatic rings. The highest BCUT2D eigenvalue weighted by Crippen LogP contribution is 2.21. The molecule has 0 fully saturated rings. The minimum absolute atomic E-state index is 0.139. The molecule has 7 heteroatoms. The molecule has 0 saturated heterocycles. The third-order valence-corrected chi connectivity index (χ3v) is 4.07. The van der Waals surface area contributed by atoms with Crippen molar-refractivity contribution in [2.45, 2.75) is 44.7 Å². The SMILES string of the molecule is N#C[C@H](C(=O)Cn1ccccc1=O)c1nnc2n1CCCCC2. The van der Waals surface area contributed by atoms with Gasteiger partial charge in [0.05, 0.1) is 12.6 Å². The molecule has 1 aliphatic heterocycles. The Morgan fingerprint density at radius 3 is 2.96 bits per heavy atom. The minimum atomic E-state index is -0.999. The number of fused-ring (bicyclic) bond motifs is 1. The van der Waals surface area contributed by atoms with E-state index in [1.54, 1.807) is 18.3 Å². The summed E-state index contributed by atoms with van der Waals surface area (Å²) in [6.07, 6.45) is 5.50. The van der Waals surface area contributed by atoms with E-state index in [4.69, 9.17) is 0 Å². The Hall–Kier alpha value is -2.75. The lowest BCUT2D eigenvalue weighted by molar-refractivity contribution is -0.120. The molecule has 0 N–H and O–H groups in total. The Balaban J connectivity index is 1.87. The van der Waals surface area contributed by atoms with Crippen molar-refractivity contribution >= 4 is 5.78 Å². The predicted molar refractivity (Wildman–Crippen MR) is 81.6 cm³/mol. The normalized spacial score (nSPS) is 15.3. The van der Waals surface area contributed by atoms with Gasteiger partial charge in [0.25, 0.3) is 5.56 Å². The van der Waals surface area contributed by atoms with E-state index in [1.807, 2.05) is 10.6 Å². The highest BCUT2D eigenvalue weighted by Gasteiger charge is 2.28. The first-order valence-electron chi connectivity index (χ1n) is 7.70. The van der Waals surface area contributed by atoms with Gasteiger partial charge in [-0.05, 0) is 18.9 Å². The third-order valence-electron chi connectivity index (χ3n) is 4.07. The number of Topliss-reactive ketones (excluding diaryl/α,β-unsaturated/α-hetero) is 1. The van der Waals surface area contributed by atoms with Crippen molar-refractivity contribution in [1.82, 2.24) is 19.3 Å². The van der Waals surface area contributed by atoms with Gasteiger partial charge in [0.2, 0.25) is 0 Å². The molecule has 0 aromatic carbocycles. The second-order valence-electron chi connectivity index (χ2n) is 5.63. The van der Waals surface area contributed by atoms with E-state index in [2.05, 4.69) is 10.2 Å². The quantitative estimate of drug-likeness (QED) is 0.841. The molecule has 1 aliphatic rings. The molecule has 23 heavy (non-hydrogen) atoms. The molecule has 0 saturated carbocycles. The number of carbonyl (C=O) groups is 1. The van der Waals surface area contributed by atoms with Crippen LogP contribution in [0.2, 0.25) is 0 Å². The van der Waals surface area contributed by atoms with Gasteiger partial charge in [-0.1, -0.05) is 12.5 Å². The van der Waals surface area contributed by atoms with Crippen LogP contribution in [0.25, 0.3) is 0 Å². The number of hydrogen-bond donors (Lipinski definition) is 0. The molecule has 1 atom stereocenters. The van der Waals surface area contributed by atoms with Gasteiger partial charge in [-0.15, -0.1) is 10.2 Å². The monoisotopic (exact) mass is 311 g/mol. The fourth-order valence-electron chi connectivity index (χ4n) is 2.85. The molecule has 0 amide bonds. The maximum absolute atomic E-state index is 12.5. The first-order chi connectivity index (χ1) is 11.2. The number of carbonyl (C=O) groups excluding carboxylic acids is 1. The number of pyridine rings is 1. The number of aromatic nitrogens is 4. The molecule has 0 bridgehead atoms. The average molecular weight is 311 g/mol. The van der Waals surface area contributed by atoms with E-state index in [-0.39, 0.29) is 17.9 Å². The lowest BCUT2D eigenvalue weighted by Gasteiger charge is -2.11. The maximum Gasteiger partial charge on any atom is 0.250 e. The van der Waals surface area contributed by atoms with Gasteiger partial charge >= 0.3 is 0 Å². The standard InChI is InChI=1S/C16H17N5O2/c17-10-12(13(22)11-20-8-5-3-7-15(20)23)16-19-18-14-6-2-1-4-9-21(14)16/h3,5,7-8,12H,1-2,4,6,9,11H2/t12-/m1/s1. The Morgan fingerprint density at radius 2 is 2.17 bits per heavy atom. The van der Waals surface area contributed by atoms with Gasteiger partial charge in [0.1, 0.15) is 5.82 Å². The lowest BCUT2D eigenvalue weighted by atomic mass is 10.0. The number of nitrogens with zero attached hydrogens (tertiary/aromatic N) is 5. The van der Waals surface area contributed by atoms with Crippen LogP contribution in [0.3, 0.4) is 0 Å². The maximum atomic E-state index is 12.5. The van der Waals surface area contributed by atoms with Crippen LogP contribution in [-0.2, 0) is 24.3 Å². The van der Waals surface area contributed by atoms with Crippen LogP contribution in [0.1, 0.15) is 36.8 Å². The lowest BCUT2D eigenvalue weighted by Crippen LogP contribution is -2.27. The average Bonchev–Trinajstić information content (AvgIpc) is 2.79. The van der Waals surface area contributed by atoms with E-state index < -0.39 is 5.92 Å². The first-order valence-corrected chi connectivity index (χ1v) is 7.70. The Bertz CT molecular complexity index is 814. The van der Waals surface area contributed by atoms with E-state index >= 15 is 0 Å². The molecule has 0 spiro atoms. The highest BCUT2D eigenvalue weighted by molar-refractivity contribution is 5.87. The molecule has 0 aliphatic carbocycles. The Labute approximate surface area is 133 Å². The minimum Gasteiger partial charge on any atom is -0.313 e. The number of nitriles is 1. The van der Waals surface area contributed by atoms with Gasteiger partial charge in [0, 0.05) is 25.2 Å². The molecular weight excluding hydrogens is 294 g/mol. The van der Waals surface area contributed by atoms with Crippen molar-refractivity contribution in [3.63, 3.8) is 0 Å². The summed E-state index contributed by atoms with van der Waals surface area (Å²) in [6, 6.07) is 6.71. The zero-order valence-corrected chi connectivity index (χ0v) is 12.7. The van der Waals surface area contributed by atoms with Crippen LogP contribution in [0, 0.1) is 11.3 Å². The molecule has 2 aromatic heterocycles. The summed E-state index contributed by atoms with van der Waals surface area (Å²) in [4.78, 5) is 24.2. The molecule has 118 valence electrons. The topological polar surface area (TPSA) is 93.6 Å². The van der Waals surface area contributed by atoms with Crippen LogP contribution < -0.4 is 5.56 Å². The van der Waals surface area contributed by atoms with Crippen LogP contribution in [0.4, 0.5) is 0 Å². The van der Waals surface area contributed by atoms with Crippen molar-refractivity contribution < 1.29 is 4.79 Å². The summed E-state index contributed by atoms with van der Waals surface area (Å²) in [5, 5.41) is 17.7. The second-order valence-corrected chi connectivity index (χ2v) is 5.63. The molecule has 0 radical (unpaired) electrons. The third kappa shape index (κ3) is 3.06. The summed E-state index contributed by atoms with van der Waals surface area (Å²) in [7, 11) is 0. The van der Waals surface area contributed by atoms with E-state index in [0.717, 1.165) is 38.1 Å². The number of rotatable bonds is 4. The van der Waals surface area contributed by atoms with Gasteiger partial charge in [-0.25, -0.2) is 0 Å². The van der Waals surface area contributed by atoms with Crippen molar-refractivity contribution in [1.29, 1.82) is 5.26 Å². The fourth-order valence-corrected chi connectivity index (χ4v) is 2.85. The smallest absolute Gasteiger partial charge is 0.250 e. The van der Waals surface area contributed by atoms with Crippen LogP contribution in [0.15, 0.2) is 29.2 Å². The number of aryl methyl sites for hydroxylation is 1. The van der Waals surface area contributed by atoms with Crippen molar-refractivity contribution in [3.8, 4) is 6.07 Å². The van der Waals surface area contributed by atoms with Crippen LogP contribution in [0.5, 0.6) is 0 Å². The van der Waals surface area contributed by atoms with Gasteiger partial charge in [-0.2, -0.15) is 5.26 Å². The summed E-state index contributed by atoms with van der Waals surface area (Å²) < 4.78 is 3.19. The zero-order valence-electron chi connectivity index (χ0n) is 12.7. The van der Waals surface area contributed by atoms with Crippen LogP contribution in [-0.4, -0.2) is 25.1 Å². The Morgan fingerprint density at radius 1 is 1.30 bits per heavy atom. The van der Waals surface area contributed by atoms with E-state index in [0.29, 0.717) is 5.82 Å². The van der Waals surface area contributed by atoms with Gasteiger partial charge in [0.15, 0.2) is 17.5 Å². The molecule has 0 unspecified atom stereocenters. The molecular formula is C16H17N5O2. The summed E-state index contributed by atoms with van der Waals surface area (Å²) in [5.74, 6) is -0.109. The van der Waals surface area contributed by atoms with Gasteiger partial charge in [-0.3, -0.25) is 9.59 Å². The van der Waals surface area contributed by atoms with Gasteiger partial charge < -0.3 is 9.13 Å². The van der Waals surface area contributed by atoms with Crippen molar-refractivity contribution in [2.24, 2.45) is 0 Å². The zero-order chi connectivity index (χ0) is 16.2. The van der Waals surface area contributed by atoms with E-state index in [1.165, 1.54) is 10.6 Å². The number of hydrogen-bond acceptors (Lipinski definition) is 5. The van der Waals surface area contributed by atoms with Crippen molar-refractivity contribution in [2.75, 3.05) is 0 Å². The summed E-state index contributed by atoms with van der Waals surface area (Å²) in [5.41, 5.74) is -0.266. The number of ketones is 1. The predicted octanol–water partition coefficient (Wildman–Crippen LogP) is 1.04. The molecule has 3 rings (SSSR count). The second kappa shape index (κ2) is 6.57. The largest absolute Gasteiger partial charge is 0.313 e.